The van der Waals surface area contributed by atoms with Crippen molar-refractivity contribution in [2.45, 2.75) is 25.3 Å². The second-order valence-electron chi connectivity index (χ2n) is 6.34. The molecule has 2 amide bonds. The first kappa shape index (κ1) is 17.0. The lowest BCUT2D eigenvalue weighted by atomic mass is 9.97. The molecule has 2 heterocycles. The number of nitrogens with zero attached hydrogens (tertiary/aromatic N) is 2. The van der Waals surface area contributed by atoms with E-state index in [-0.39, 0.29) is 30.7 Å². The minimum absolute atomic E-state index is 0.108. The largest absolute Gasteiger partial charge is 0.349 e. The lowest BCUT2D eigenvalue weighted by molar-refractivity contribution is -0.122. The number of rotatable bonds is 5. The molecule has 0 fully saturated rings. The summed E-state index contributed by atoms with van der Waals surface area (Å²) in [4.78, 5) is 28.5. The van der Waals surface area contributed by atoms with Crippen LogP contribution in [0.25, 0.3) is 11.4 Å². The molecule has 2 aromatic carbocycles. The first-order valence-electron chi connectivity index (χ1n) is 8.75. The number of amides is 2. The summed E-state index contributed by atoms with van der Waals surface area (Å²) in [6.45, 7) is 0. The van der Waals surface area contributed by atoms with Crippen molar-refractivity contribution in [3.63, 3.8) is 0 Å². The number of carbonyl (C=O) groups excluding carboxylic acids is 2. The van der Waals surface area contributed by atoms with Crippen LogP contribution in [-0.4, -0.2) is 22.0 Å². The lowest BCUT2D eigenvalue weighted by Crippen LogP contribution is -2.35. The van der Waals surface area contributed by atoms with Crippen molar-refractivity contribution < 1.29 is 14.1 Å². The molecular weight excluding hydrogens is 344 g/mol. The van der Waals surface area contributed by atoms with Gasteiger partial charge in [-0.2, -0.15) is 4.98 Å². The van der Waals surface area contributed by atoms with E-state index < -0.39 is 0 Å². The number of para-hydroxylation sites is 1. The van der Waals surface area contributed by atoms with Gasteiger partial charge in [0.1, 0.15) is 0 Å². The topological polar surface area (TPSA) is 97.1 Å². The highest BCUT2D eigenvalue weighted by atomic mass is 16.5. The number of nitrogens with one attached hydrogen (secondary N) is 2. The Morgan fingerprint density at radius 2 is 1.93 bits per heavy atom. The van der Waals surface area contributed by atoms with E-state index in [1.165, 1.54) is 0 Å². The number of anilines is 1. The summed E-state index contributed by atoms with van der Waals surface area (Å²) in [6, 6.07) is 16.7. The molecular formula is C20H18N4O3. The van der Waals surface area contributed by atoms with Crippen LogP contribution in [0.5, 0.6) is 0 Å². The molecule has 0 spiro atoms. The molecule has 0 aliphatic carbocycles. The Bertz CT molecular complexity index is 968. The van der Waals surface area contributed by atoms with Crippen LogP contribution in [0.2, 0.25) is 0 Å². The van der Waals surface area contributed by atoms with Crippen molar-refractivity contribution in [1.82, 2.24) is 15.5 Å². The minimum Gasteiger partial charge on any atom is -0.349 e. The van der Waals surface area contributed by atoms with Gasteiger partial charge in [-0.25, -0.2) is 0 Å². The van der Waals surface area contributed by atoms with Gasteiger partial charge in [-0.15, -0.1) is 0 Å². The highest BCUT2D eigenvalue weighted by Gasteiger charge is 2.26. The van der Waals surface area contributed by atoms with E-state index in [1.807, 2.05) is 54.6 Å². The van der Waals surface area contributed by atoms with Crippen LogP contribution in [0.3, 0.4) is 0 Å². The van der Waals surface area contributed by atoms with Crippen LogP contribution in [0, 0.1) is 0 Å². The average molecular weight is 362 g/mol. The second-order valence-corrected chi connectivity index (χ2v) is 6.34. The van der Waals surface area contributed by atoms with Crippen molar-refractivity contribution in [1.29, 1.82) is 0 Å². The molecule has 2 N–H and O–H groups in total. The van der Waals surface area contributed by atoms with Crippen LogP contribution < -0.4 is 10.6 Å². The zero-order valence-electron chi connectivity index (χ0n) is 14.5. The molecule has 1 aliphatic rings. The van der Waals surface area contributed by atoms with Crippen LogP contribution in [0.15, 0.2) is 59.1 Å². The van der Waals surface area contributed by atoms with Crippen molar-refractivity contribution in [3.05, 3.63) is 66.1 Å². The summed E-state index contributed by atoms with van der Waals surface area (Å²) < 4.78 is 5.23. The maximum atomic E-state index is 12.3. The molecule has 3 aromatic rings. The number of benzene rings is 2. The lowest BCUT2D eigenvalue weighted by Gasteiger charge is -2.26. The second kappa shape index (κ2) is 7.41. The molecule has 0 saturated heterocycles. The van der Waals surface area contributed by atoms with E-state index in [9.17, 15) is 9.59 Å². The van der Waals surface area contributed by atoms with Gasteiger partial charge in [-0.05, 0) is 11.6 Å². The molecule has 27 heavy (non-hydrogen) atoms. The average Bonchev–Trinajstić information content (AvgIpc) is 3.16. The standard InChI is InChI=1S/C20H18N4O3/c25-17(22-16-12-18(26)21-15-9-5-4-8-14(15)16)10-11-19-23-20(24-27-19)13-6-2-1-3-7-13/h1-9,16H,10-12H2,(H,21,26)(H,22,25)/t16-/m0/s1. The summed E-state index contributed by atoms with van der Waals surface area (Å²) in [5, 5.41) is 9.69. The van der Waals surface area contributed by atoms with E-state index in [0.29, 0.717) is 18.1 Å². The fourth-order valence-electron chi connectivity index (χ4n) is 3.09. The molecule has 0 radical (unpaired) electrons. The Morgan fingerprint density at radius 3 is 2.78 bits per heavy atom. The highest BCUT2D eigenvalue weighted by Crippen LogP contribution is 2.30. The molecule has 4 rings (SSSR count). The fraction of sp³-hybridized carbons (Fsp3) is 0.200. The number of fused-ring (bicyclic) bond motifs is 1. The molecule has 1 aliphatic heterocycles. The molecule has 136 valence electrons. The van der Waals surface area contributed by atoms with Crippen LogP contribution in [-0.2, 0) is 16.0 Å². The third-order valence-electron chi connectivity index (χ3n) is 4.40. The van der Waals surface area contributed by atoms with Gasteiger partial charge >= 0.3 is 0 Å². The first-order valence-corrected chi connectivity index (χ1v) is 8.75. The predicted octanol–water partition coefficient (Wildman–Crippen LogP) is 2.87. The SMILES string of the molecule is O=C1C[C@H](NC(=O)CCc2nc(-c3ccccc3)no2)c2ccccc2N1. The Balaban J connectivity index is 1.37. The van der Waals surface area contributed by atoms with Gasteiger partial charge in [0.2, 0.25) is 23.5 Å². The molecule has 0 saturated carbocycles. The number of hydrogen-bond acceptors (Lipinski definition) is 5. The van der Waals surface area contributed by atoms with Crippen molar-refractivity contribution >= 4 is 17.5 Å². The number of aryl methyl sites for hydroxylation is 1. The van der Waals surface area contributed by atoms with Gasteiger partial charge in [0.05, 0.1) is 12.5 Å². The number of aromatic nitrogens is 2. The normalized spacial score (nSPS) is 15.7. The maximum absolute atomic E-state index is 12.3. The zero-order valence-corrected chi connectivity index (χ0v) is 14.5. The molecule has 7 nitrogen and oxygen atoms in total. The third kappa shape index (κ3) is 3.87. The smallest absolute Gasteiger partial charge is 0.227 e. The van der Waals surface area contributed by atoms with Crippen LogP contribution in [0.4, 0.5) is 5.69 Å². The molecule has 1 atom stereocenters. The Morgan fingerprint density at radius 1 is 1.15 bits per heavy atom. The number of carbonyl (C=O) groups is 2. The Kier molecular flexibility index (Phi) is 4.65. The van der Waals surface area contributed by atoms with Crippen LogP contribution in [0.1, 0.15) is 30.3 Å². The quantitative estimate of drug-likeness (QED) is 0.727. The summed E-state index contributed by atoms with van der Waals surface area (Å²) in [5.41, 5.74) is 2.51. The molecule has 0 unspecified atom stereocenters. The molecule has 0 bridgehead atoms. The number of hydrogen-bond donors (Lipinski definition) is 2. The van der Waals surface area contributed by atoms with E-state index in [4.69, 9.17) is 4.52 Å². The van der Waals surface area contributed by atoms with Gasteiger partial charge < -0.3 is 15.2 Å². The van der Waals surface area contributed by atoms with E-state index >= 15 is 0 Å². The Hall–Kier alpha value is -3.48. The van der Waals surface area contributed by atoms with Crippen molar-refractivity contribution in [2.24, 2.45) is 0 Å². The van der Waals surface area contributed by atoms with E-state index in [2.05, 4.69) is 20.8 Å². The highest BCUT2D eigenvalue weighted by molar-refractivity contribution is 5.95. The Labute approximate surface area is 155 Å². The maximum Gasteiger partial charge on any atom is 0.227 e. The summed E-state index contributed by atoms with van der Waals surface area (Å²) in [5.74, 6) is 0.641. The summed E-state index contributed by atoms with van der Waals surface area (Å²) in [7, 11) is 0. The predicted molar refractivity (Wildman–Crippen MR) is 98.6 cm³/mol. The van der Waals surface area contributed by atoms with Gasteiger partial charge in [0.15, 0.2) is 0 Å². The first-order chi connectivity index (χ1) is 13.2. The van der Waals surface area contributed by atoms with Gasteiger partial charge in [0.25, 0.3) is 0 Å². The minimum atomic E-state index is -0.329. The molecule has 7 heteroatoms. The fourth-order valence-corrected chi connectivity index (χ4v) is 3.09. The van der Waals surface area contributed by atoms with Crippen molar-refractivity contribution in [3.8, 4) is 11.4 Å². The van der Waals surface area contributed by atoms with Gasteiger partial charge in [0, 0.05) is 24.1 Å². The zero-order chi connectivity index (χ0) is 18.6. The summed E-state index contributed by atoms with van der Waals surface area (Å²) >= 11 is 0. The van der Waals surface area contributed by atoms with Gasteiger partial charge in [-0.3, -0.25) is 9.59 Å². The van der Waals surface area contributed by atoms with E-state index in [1.54, 1.807) is 0 Å². The van der Waals surface area contributed by atoms with Crippen LogP contribution >= 0.6 is 0 Å². The van der Waals surface area contributed by atoms with E-state index in [0.717, 1.165) is 16.8 Å². The summed E-state index contributed by atoms with van der Waals surface area (Å²) in [6.07, 6.45) is 0.768. The third-order valence-corrected chi connectivity index (χ3v) is 4.40. The van der Waals surface area contributed by atoms with Gasteiger partial charge in [-0.1, -0.05) is 53.7 Å². The monoisotopic (exact) mass is 362 g/mol. The molecule has 1 aromatic heterocycles. The van der Waals surface area contributed by atoms with Crippen molar-refractivity contribution in [2.75, 3.05) is 5.32 Å².